The average Bonchev–Trinajstić information content (AvgIpc) is 2.93. The van der Waals surface area contributed by atoms with E-state index in [-0.39, 0.29) is 0 Å². The highest BCUT2D eigenvalue weighted by Gasteiger charge is 2.40. The van der Waals surface area contributed by atoms with Gasteiger partial charge in [0.15, 0.2) is 0 Å². The van der Waals surface area contributed by atoms with E-state index in [0.717, 1.165) is 24.4 Å². The second-order valence-electron chi connectivity index (χ2n) is 5.75. The zero-order chi connectivity index (χ0) is 12.5. The number of likely N-dealkylation sites (N-methyl/N-ethyl adjacent to an activating group) is 1. The van der Waals surface area contributed by atoms with Crippen LogP contribution in [-0.2, 0) is 0 Å². The number of rotatable bonds is 5. The van der Waals surface area contributed by atoms with Gasteiger partial charge in [0.25, 0.3) is 0 Å². The zero-order valence-electron chi connectivity index (χ0n) is 11.2. The Kier molecular flexibility index (Phi) is 3.55. The molecule has 1 saturated carbocycles. The number of thiophene rings is 1. The van der Waals surface area contributed by atoms with Crippen LogP contribution in [0.5, 0.6) is 0 Å². The molecule has 1 N–H and O–H groups in total. The zero-order valence-corrected chi connectivity index (χ0v) is 12.0. The summed E-state index contributed by atoms with van der Waals surface area (Å²) in [7, 11) is 4.34. The van der Waals surface area contributed by atoms with Crippen molar-refractivity contribution in [2.24, 2.45) is 11.8 Å². The molecule has 98 valence electrons. The molecule has 1 aromatic heterocycles. The van der Waals surface area contributed by atoms with Gasteiger partial charge in [0.05, 0.1) is 6.04 Å². The molecule has 0 bridgehead atoms. The molecule has 0 saturated heterocycles. The summed E-state index contributed by atoms with van der Waals surface area (Å²) in [4.78, 5) is 3.78. The molecule has 2 nitrogen and oxygen atoms in total. The third-order valence-electron chi connectivity index (χ3n) is 4.43. The van der Waals surface area contributed by atoms with E-state index < -0.39 is 0 Å². The maximum absolute atomic E-state index is 3.77. The molecule has 0 aromatic carbocycles. The molecular formula is C15H22N2S. The van der Waals surface area contributed by atoms with Gasteiger partial charge in [0, 0.05) is 17.5 Å². The summed E-state index contributed by atoms with van der Waals surface area (Å²) >= 11 is 1.86. The first-order valence-corrected chi connectivity index (χ1v) is 7.73. The van der Waals surface area contributed by atoms with Crippen molar-refractivity contribution in [3.63, 3.8) is 0 Å². The summed E-state index contributed by atoms with van der Waals surface area (Å²) in [5.41, 5.74) is 0. The van der Waals surface area contributed by atoms with Gasteiger partial charge in [0.2, 0.25) is 0 Å². The Hall–Kier alpha value is -0.640. The highest BCUT2D eigenvalue weighted by atomic mass is 32.1. The number of nitrogens with one attached hydrogen (secondary N) is 1. The lowest BCUT2D eigenvalue weighted by atomic mass is 9.71. The lowest BCUT2D eigenvalue weighted by Gasteiger charge is -2.41. The fourth-order valence-electron chi connectivity index (χ4n) is 3.23. The van der Waals surface area contributed by atoms with Crippen LogP contribution in [0, 0.1) is 11.8 Å². The van der Waals surface area contributed by atoms with Gasteiger partial charge in [-0.25, -0.2) is 0 Å². The van der Waals surface area contributed by atoms with Crippen molar-refractivity contribution in [1.29, 1.82) is 0 Å². The SMILES string of the molecule is CN(C)C(CNC1CC2CC=CC21)c1cccs1. The standard InChI is InChI=1S/C15H22N2S/c1-17(2)14(15-7-4-8-18-15)10-16-13-9-11-5-3-6-12(11)13/h3-4,6-8,11-14,16H,5,9-10H2,1-2H3. The summed E-state index contributed by atoms with van der Waals surface area (Å²) in [5.74, 6) is 1.76. The van der Waals surface area contributed by atoms with E-state index in [2.05, 4.69) is 54.0 Å². The van der Waals surface area contributed by atoms with Gasteiger partial charge in [0.1, 0.15) is 0 Å². The Bertz CT molecular complexity index is 410. The first-order valence-electron chi connectivity index (χ1n) is 6.85. The maximum atomic E-state index is 3.77. The van der Waals surface area contributed by atoms with E-state index >= 15 is 0 Å². The van der Waals surface area contributed by atoms with Crippen molar-refractivity contribution in [2.45, 2.75) is 24.9 Å². The minimum atomic E-state index is 0.509. The molecule has 3 heteroatoms. The summed E-state index contributed by atoms with van der Waals surface area (Å²) in [6.07, 6.45) is 7.45. The van der Waals surface area contributed by atoms with E-state index in [1.54, 1.807) is 0 Å². The Balaban J connectivity index is 1.56. The van der Waals surface area contributed by atoms with Gasteiger partial charge in [-0.1, -0.05) is 18.2 Å². The normalized spacial score (nSPS) is 31.4. The van der Waals surface area contributed by atoms with Crippen LogP contribution in [-0.4, -0.2) is 31.6 Å². The van der Waals surface area contributed by atoms with Crippen molar-refractivity contribution < 1.29 is 0 Å². The largest absolute Gasteiger partial charge is 0.311 e. The average molecular weight is 262 g/mol. The summed E-state index contributed by atoms with van der Waals surface area (Å²) in [5, 5.41) is 5.95. The fraction of sp³-hybridized carbons (Fsp3) is 0.600. The summed E-state index contributed by atoms with van der Waals surface area (Å²) in [6.45, 7) is 1.06. The van der Waals surface area contributed by atoms with Crippen molar-refractivity contribution >= 4 is 11.3 Å². The predicted octanol–water partition coefficient (Wildman–Crippen LogP) is 2.91. The number of nitrogens with zero attached hydrogens (tertiary/aromatic N) is 1. The number of fused-ring (bicyclic) bond motifs is 1. The summed E-state index contributed by atoms with van der Waals surface area (Å²) in [6, 6.07) is 5.62. The Morgan fingerprint density at radius 2 is 2.39 bits per heavy atom. The van der Waals surface area contributed by atoms with Gasteiger partial charge in [-0.05, 0) is 50.2 Å². The second-order valence-corrected chi connectivity index (χ2v) is 6.73. The third kappa shape index (κ3) is 2.27. The highest BCUT2D eigenvalue weighted by Crippen LogP contribution is 2.42. The predicted molar refractivity (Wildman–Crippen MR) is 77.9 cm³/mol. The molecule has 0 spiro atoms. The van der Waals surface area contributed by atoms with Crippen molar-refractivity contribution in [3.8, 4) is 0 Å². The third-order valence-corrected chi connectivity index (χ3v) is 5.40. The van der Waals surface area contributed by atoms with Crippen LogP contribution in [0.4, 0.5) is 0 Å². The number of allylic oxidation sites excluding steroid dienone is 1. The van der Waals surface area contributed by atoms with Gasteiger partial charge in [-0.2, -0.15) is 0 Å². The van der Waals surface area contributed by atoms with Crippen LogP contribution >= 0.6 is 11.3 Å². The van der Waals surface area contributed by atoms with E-state index in [1.807, 2.05) is 11.3 Å². The second kappa shape index (κ2) is 5.16. The fourth-order valence-corrected chi connectivity index (χ4v) is 4.15. The van der Waals surface area contributed by atoms with Crippen molar-refractivity contribution in [2.75, 3.05) is 20.6 Å². The molecule has 4 unspecified atom stereocenters. The van der Waals surface area contributed by atoms with E-state index in [0.29, 0.717) is 6.04 Å². The maximum Gasteiger partial charge on any atom is 0.0561 e. The minimum Gasteiger partial charge on any atom is -0.311 e. The lowest BCUT2D eigenvalue weighted by molar-refractivity contribution is 0.151. The lowest BCUT2D eigenvalue weighted by Crippen LogP contribution is -2.50. The Morgan fingerprint density at radius 3 is 3.06 bits per heavy atom. The van der Waals surface area contributed by atoms with Gasteiger partial charge in [-0.3, -0.25) is 0 Å². The van der Waals surface area contributed by atoms with E-state index in [9.17, 15) is 0 Å². The van der Waals surface area contributed by atoms with Crippen LogP contribution < -0.4 is 5.32 Å². The Morgan fingerprint density at radius 1 is 1.50 bits per heavy atom. The molecule has 1 aromatic rings. The molecular weight excluding hydrogens is 240 g/mol. The summed E-state index contributed by atoms with van der Waals surface area (Å²) < 4.78 is 0. The topological polar surface area (TPSA) is 15.3 Å². The minimum absolute atomic E-state index is 0.509. The monoisotopic (exact) mass is 262 g/mol. The number of hydrogen-bond acceptors (Lipinski definition) is 3. The van der Waals surface area contributed by atoms with Gasteiger partial charge in [-0.15, -0.1) is 11.3 Å². The van der Waals surface area contributed by atoms with Crippen molar-refractivity contribution in [3.05, 3.63) is 34.5 Å². The van der Waals surface area contributed by atoms with E-state index in [1.165, 1.54) is 17.7 Å². The smallest absolute Gasteiger partial charge is 0.0561 e. The Labute approximate surface area is 114 Å². The molecule has 4 atom stereocenters. The first kappa shape index (κ1) is 12.4. The van der Waals surface area contributed by atoms with Crippen molar-refractivity contribution in [1.82, 2.24) is 10.2 Å². The molecule has 18 heavy (non-hydrogen) atoms. The molecule has 3 rings (SSSR count). The van der Waals surface area contributed by atoms with Crippen LogP contribution in [0.2, 0.25) is 0 Å². The molecule has 2 aliphatic rings. The highest BCUT2D eigenvalue weighted by molar-refractivity contribution is 7.10. The molecule has 2 aliphatic carbocycles. The van der Waals surface area contributed by atoms with Gasteiger partial charge >= 0.3 is 0 Å². The number of hydrogen-bond donors (Lipinski definition) is 1. The molecule has 1 fully saturated rings. The van der Waals surface area contributed by atoms with Crippen LogP contribution in [0.3, 0.4) is 0 Å². The first-order chi connectivity index (χ1) is 8.75. The molecule has 0 amide bonds. The quantitative estimate of drug-likeness (QED) is 0.821. The van der Waals surface area contributed by atoms with E-state index in [4.69, 9.17) is 0 Å². The van der Waals surface area contributed by atoms with Crippen LogP contribution in [0.25, 0.3) is 0 Å². The molecule has 0 radical (unpaired) electrons. The molecule has 0 aliphatic heterocycles. The molecule has 1 heterocycles. The van der Waals surface area contributed by atoms with Crippen LogP contribution in [0.1, 0.15) is 23.8 Å². The van der Waals surface area contributed by atoms with Crippen LogP contribution in [0.15, 0.2) is 29.7 Å². The van der Waals surface area contributed by atoms with Gasteiger partial charge < -0.3 is 10.2 Å².